The highest BCUT2D eigenvalue weighted by Gasteiger charge is 2.29. The molecule has 0 amide bonds. The van der Waals surface area contributed by atoms with E-state index < -0.39 is 11.7 Å². The number of carbonyl (C=O) groups excluding carboxylic acids is 1. The first-order valence-corrected chi connectivity index (χ1v) is 8.84. The van der Waals surface area contributed by atoms with E-state index in [2.05, 4.69) is 9.89 Å². The van der Waals surface area contributed by atoms with Crippen molar-refractivity contribution in [3.63, 3.8) is 0 Å². The highest BCUT2D eigenvalue weighted by atomic mass is 19.4. The summed E-state index contributed by atoms with van der Waals surface area (Å²) in [6, 6.07) is 11.8. The lowest BCUT2D eigenvalue weighted by Crippen LogP contribution is -2.19. The number of methoxy groups -OCH3 is 1. The van der Waals surface area contributed by atoms with Crippen molar-refractivity contribution >= 4 is 11.7 Å². The fourth-order valence-electron chi connectivity index (χ4n) is 2.33. The first-order valence-electron chi connectivity index (χ1n) is 8.84. The Kier molecular flexibility index (Phi) is 7.64. The number of esters is 1. The Morgan fingerprint density at radius 3 is 2.24 bits per heavy atom. The molecule has 2 rings (SSSR count). The van der Waals surface area contributed by atoms with E-state index in [0.29, 0.717) is 17.0 Å². The largest absolute Gasteiger partial charge is 0.493 e. The van der Waals surface area contributed by atoms with E-state index in [1.165, 1.54) is 19.2 Å². The van der Waals surface area contributed by atoms with Crippen LogP contribution in [0.3, 0.4) is 0 Å². The van der Waals surface area contributed by atoms with Gasteiger partial charge in [0.2, 0.25) is 0 Å². The van der Waals surface area contributed by atoms with E-state index in [1.54, 1.807) is 38.1 Å². The molecule has 0 aliphatic carbocycles. The zero-order chi connectivity index (χ0) is 21.4. The summed E-state index contributed by atoms with van der Waals surface area (Å²) in [6.45, 7) is 3.73. The van der Waals surface area contributed by atoms with Crippen molar-refractivity contribution in [2.45, 2.75) is 26.6 Å². The summed E-state index contributed by atoms with van der Waals surface area (Å²) in [5.41, 5.74) is 1.28. The van der Waals surface area contributed by atoms with Gasteiger partial charge in [-0.15, -0.1) is 0 Å². The molecule has 5 nitrogen and oxygen atoms in total. The lowest BCUT2D eigenvalue weighted by molar-refractivity contribution is -0.145. The minimum absolute atomic E-state index is 0.0576. The Morgan fingerprint density at radius 1 is 1.07 bits per heavy atom. The van der Waals surface area contributed by atoms with Gasteiger partial charge in [0.05, 0.1) is 24.3 Å². The van der Waals surface area contributed by atoms with E-state index in [0.717, 1.165) is 17.7 Å². The summed E-state index contributed by atoms with van der Waals surface area (Å²) < 4.78 is 47.8. The van der Waals surface area contributed by atoms with Crippen LogP contribution in [-0.4, -0.2) is 25.4 Å². The van der Waals surface area contributed by atoms with Gasteiger partial charge in [0.1, 0.15) is 19.0 Å². The van der Waals surface area contributed by atoms with Crippen molar-refractivity contribution < 1.29 is 32.3 Å². The molecule has 1 atom stereocenters. The van der Waals surface area contributed by atoms with E-state index in [9.17, 15) is 18.0 Å². The van der Waals surface area contributed by atoms with Gasteiger partial charge in [0.15, 0.2) is 0 Å². The summed E-state index contributed by atoms with van der Waals surface area (Å²) >= 11 is 0. The number of alkyl halides is 3. The molecule has 2 aromatic rings. The van der Waals surface area contributed by atoms with Crippen LogP contribution in [0, 0.1) is 5.92 Å². The van der Waals surface area contributed by atoms with Gasteiger partial charge in [-0.05, 0) is 61.4 Å². The van der Waals surface area contributed by atoms with Gasteiger partial charge >= 0.3 is 12.1 Å². The second kappa shape index (κ2) is 9.95. The summed E-state index contributed by atoms with van der Waals surface area (Å²) in [6.07, 6.45) is -4.36. The van der Waals surface area contributed by atoms with E-state index in [-0.39, 0.29) is 25.1 Å². The van der Waals surface area contributed by atoms with Gasteiger partial charge in [0.25, 0.3) is 0 Å². The van der Waals surface area contributed by atoms with Crippen molar-refractivity contribution in [2.75, 3.05) is 13.7 Å². The zero-order valence-corrected chi connectivity index (χ0v) is 16.3. The number of hydrogen-bond donors (Lipinski definition) is 0. The predicted molar refractivity (Wildman–Crippen MR) is 102 cm³/mol. The van der Waals surface area contributed by atoms with Gasteiger partial charge < -0.3 is 14.3 Å². The van der Waals surface area contributed by atoms with Crippen molar-refractivity contribution in [2.24, 2.45) is 11.1 Å². The van der Waals surface area contributed by atoms with Gasteiger partial charge in [-0.1, -0.05) is 17.3 Å². The first kappa shape index (κ1) is 22.3. The highest BCUT2D eigenvalue weighted by molar-refractivity contribution is 5.98. The van der Waals surface area contributed by atoms with Crippen LogP contribution in [0.25, 0.3) is 0 Å². The van der Waals surface area contributed by atoms with Gasteiger partial charge in [-0.3, -0.25) is 4.79 Å². The normalized spacial score (nSPS) is 13.0. The summed E-state index contributed by atoms with van der Waals surface area (Å²) in [5.74, 6) is -0.112. The lowest BCUT2D eigenvalue weighted by atomic mass is 10.1. The molecule has 0 saturated carbocycles. The number of rotatable bonds is 8. The molecule has 8 heteroatoms. The third-order valence-corrected chi connectivity index (χ3v) is 4.09. The topological polar surface area (TPSA) is 57.1 Å². The molecular weight excluding hydrogens is 387 g/mol. The zero-order valence-electron chi connectivity index (χ0n) is 16.3. The Morgan fingerprint density at radius 2 is 1.69 bits per heavy atom. The van der Waals surface area contributed by atoms with Crippen molar-refractivity contribution in [3.05, 3.63) is 65.2 Å². The van der Waals surface area contributed by atoms with E-state index in [4.69, 9.17) is 9.57 Å². The quantitative estimate of drug-likeness (QED) is 0.356. The smallest absolute Gasteiger partial charge is 0.416 e. The van der Waals surface area contributed by atoms with Crippen molar-refractivity contribution in [3.8, 4) is 5.75 Å². The van der Waals surface area contributed by atoms with Crippen LogP contribution < -0.4 is 4.74 Å². The summed E-state index contributed by atoms with van der Waals surface area (Å²) in [4.78, 5) is 16.6. The van der Waals surface area contributed by atoms with Crippen LogP contribution in [0.2, 0.25) is 0 Å². The number of ether oxygens (including phenoxy) is 2. The molecule has 29 heavy (non-hydrogen) atoms. The lowest BCUT2D eigenvalue weighted by Gasteiger charge is -2.11. The molecular formula is C21H22F3NO4. The van der Waals surface area contributed by atoms with Gasteiger partial charge in [-0.2, -0.15) is 13.2 Å². The number of halogens is 3. The molecule has 0 aliphatic rings. The van der Waals surface area contributed by atoms with Crippen LogP contribution in [0.5, 0.6) is 5.75 Å². The van der Waals surface area contributed by atoms with Crippen LogP contribution in [0.1, 0.15) is 30.5 Å². The first-order chi connectivity index (χ1) is 13.7. The fourth-order valence-corrected chi connectivity index (χ4v) is 2.33. The number of oxime groups is 1. The molecule has 0 aliphatic heterocycles. The third-order valence-electron chi connectivity index (χ3n) is 4.09. The minimum atomic E-state index is -4.36. The molecule has 0 heterocycles. The van der Waals surface area contributed by atoms with Crippen LogP contribution >= 0.6 is 0 Å². The molecule has 1 unspecified atom stereocenters. The second-order valence-electron chi connectivity index (χ2n) is 6.40. The van der Waals surface area contributed by atoms with E-state index in [1.807, 2.05) is 0 Å². The van der Waals surface area contributed by atoms with Crippen LogP contribution in [0.15, 0.2) is 53.7 Å². The maximum Gasteiger partial charge on any atom is 0.416 e. The Labute approximate surface area is 167 Å². The molecule has 0 N–H and O–H groups in total. The molecule has 156 valence electrons. The van der Waals surface area contributed by atoms with Gasteiger partial charge in [-0.25, -0.2) is 0 Å². The number of hydrogen-bond acceptors (Lipinski definition) is 5. The minimum Gasteiger partial charge on any atom is -0.493 e. The second-order valence-corrected chi connectivity index (χ2v) is 6.40. The van der Waals surface area contributed by atoms with Crippen LogP contribution in [-0.2, 0) is 27.2 Å². The average molecular weight is 409 g/mol. The number of benzene rings is 2. The predicted octanol–water partition coefficient (Wildman–Crippen LogP) is 4.83. The number of carbonyl (C=O) groups is 1. The molecule has 0 saturated heterocycles. The average Bonchev–Trinajstić information content (AvgIpc) is 2.71. The summed E-state index contributed by atoms with van der Waals surface area (Å²) in [7, 11) is 1.33. The molecule has 2 aromatic carbocycles. The van der Waals surface area contributed by atoms with Crippen LogP contribution in [0.4, 0.5) is 13.2 Å². The van der Waals surface area contributed by atoms with E-state index >= 15 is 0 Å². The molecule has 0 aromatic heterocycles. The molecule has 0 bridgehead atoms. The van der Waals surface area contributed by atoms with Crippen molar-refractivity contribution in [1.82, 2.24) is 0 Å². The Hall–Kier alpha value is -3.03. The number of nitrogens with zero attached hydrogens (tertiary/aromatic N) is 1. The Bertz CT molecular complexity index is 830. The SMILES string of the molecule is COC(=O)C(C)COc1ccc(C(C)=NOCc2ccc(C(F)(F)F)cc2)cc1. The summed E-state index contributed by atoms with van der Waals surface area (Å²) in [5, 5.41) is 3.99. The monoisotopic (exact) mass is 409 g/mol. The highest BCUT2D eigenvalue weighted by Crippen LogP contribution is 2.29. The van der Waals surface area contributed by atoms with Crippen molar-refractivity contribution in [1.29, 1.82) is 0 Å². The fraction of sp³-hybridized carbons (Fsp3) is 0.333. The standard InChI is InChI=1S/C21H22F3NO4/c1-14(20(26)27-3)12-28-19-10-6-17(7-11-19)15(2)25-29-13-16-4-8-18(9-5-16)21(22,23)24/h4-11,14H,12-13H2,1-3H3. The Balaban J connectivity index is 1.87. The maximum absolute atomic E-state index is 12.6. The van der Waals surface area contributed by atoms with Gasteiger partial charge in [0, 0.05) is 0 Å². The molecule has 0 fully saturated rings. The molecule has 0 spiro atoms. The molecule has 0 radical (unpaired) electrons. The maximum atomic E-state index is 12.6. The third kappa shape index (κ3) is 6.81.